The van der Waals surface area contributed by atoms with Gasteiger partial charge in [0, 0.05) is 17.3 Å². The molecule has 0 atom stereocenters. The molecule has 10 nitrogen and oxygen atoms in total. The Labute approximate surface area is 197 Å². The van der Waals surface area contributed by atoms with Gasteiger partial charge in [-0.25, -0.2) is 9.67 Å². The summed E-state index contributed by atoms with van der Waals surface area (Å²) >= 11 is 1.37. The van der Waals surface area contributed by atoms with Crippen molar-refractivity contribution in [2.75, 3.05) is 26.3 Å². The third-order valence-electron chi connectivity index (χ3n) is 5.21. The topological polar surface area (TPSA) is 114 Å². The maximum absolute atomic E-state index is 13.1. The van der Waals surface area contributed by atoms with E-state index in [1.807, 2.05) is 13.0 Å². The molecule has 0 radical (unpaired) electrons. The van der Waals surface area contributed by atoms with Crippen molar-refractivity contribution in [2.45, 2.75) is 13.5 Å². The highest BCUT2D eigenvalue weighted by Crippen LogP contribution is 2.36. The molecular weight excluding hydrogens is 460 g/mol. The van der Waals surface area contributed by atoms with Gasteiger partial charge in [0.1, 0.15) is 12.2 Å². The number of nitrogens with zero attached hydrogens (tertiary/aromatic N) is 3. The maximum Gasteiger partial charge on any atom is 0.294 e. The van der Waals surface area contributed by atoms with Crippen molar-refractivity contribution in [3.8, 4) is 34.3 Å². The molecule has 1 aliphatic heterocycles. The lowest BCUT2D eigenvalue weighted by molar-refractivity contribution is -0.117. The molecule has 1 aliphatic rings. The van der Waals surface area contributed by atoms with Crippen LogP contribution in [0.5, 0.6) is 23.0 Å². The Balaban J connectivity index is 1.51. The van der Waals surface area contributed by atoms with Crippen LogP contribution in [0.3, 0.4) is 0 Å². The second kappa shape index (κ2) is 8.67. The van der Waals surface area contributed by atoms with Gasteiger partial charge in [-0.3, -0.25) is 9.59 Å². The number of carbonyl (C=O) groups excluding carboxylic acids is 1. The molecule has 0 fully saturated rings. The Morgan fingerprint density at radius 2 is 1.91 bits per heavy atom. The number of rotatable bonds is 6. The Hall–Kier alpha value is -4.12. The smallest absolute Gasteiger partial charge is 0.294 e. The molecule has 0 saturated heterocycles. The van der Waals surface area contributed by atoms with Crippen molar-refractivity contribution in [2.24, 2.45) is 0 Å². The Morgan fingerprint density at radius 1 is 1.12 bits per heavy atom. The molecule has 11 heteroatoms. The van der Waals surface area contributed by atoms with Crippen LogP contribution in [-0.2, 0) is 11.3 Å². The lowest BCUT2D eigenvalue weighted by atomic mass is 10.1. The highest BCUT2D eigenvalue weighted by atomic mass is 32.1. The quantitative estimate of drug-likeness (QED) is 0.448. The first-order valence-electron chi connectivity index (χ1n) is 10.3. The minimum absolute atomic E-state index is 0.137. The van der Waals surface area contributed by atoms with Crippen molar-refractivity contribution in [1.29, 1.82) is 0 Å². The molecule has 0 spiro atoms. The first kappa shape index (κ1) is 21.7. The summed E-state index contributed by atoms with van der Waals surface area (Å²) in [5, 5.41) is 8.01. The van der Waals surface area contributed by atoms with Crippen molar-refractivity contribution >= 4 is 33.1 Å². The number of benzene rings is 2. The van der Waals surface area contributed by atoms with Crippen LogP contribution >= 0.6 is 11.3 Å². The summed E-state index contributed by atoms with van der Waals surface area (Å²) in [6.07, 6.45) is 0. The van der Waals surface area contributed by atoms with Gasteiger partial charge in [0.25, 0.3) is 5.56 Å². The van der Waals surface area contributed by atoms with E-state index in [9.17, 15) is 9.59 Å². The molecule has 0 aliphatic carbocycles. The summed E-state index contributed by atoms with van der Waals surface area (Å²) < 4.78 is 23.1. The third-order valence-corrected chi connectivity index (χ3v) is 6.19. The first-order valence-corrected chi connectivity index (χ1v) is 11.1. The third kappa shape index (κ3) is 3.90. The first-order chi connectivity index (χ1) is 16.5. The lowest BCUT2D eigenvalue weighted by Crippen LogP contribution is -2.30. The van der Waals surface area contributed by atoms with Gasteiger partial charge < -0.3 is 24.3 Å². The molecule has 1 amide bonds. The van der Waals surface area contributed by atoms with Gasteiger partial charge in [0.05, 0.1) is 23.9 Å². The zero-order valence-corrected chi connectivity index (χ0v) is 19.4. The van der Waals surface area contributed by atoms with Crippen LogP contribution in [0.2, 0.25) is 0 Å². The van der Waals surface area contributed by atoms with E-state index in [4.69, 9.17) is 18.9 Å². The van der Waals surface area contributed by atoms with Crippen LogP contribution in [0.15, 0.2) is 41.2 Å². The van der Waals surface area contributed by atoms with Gasteiger partial charge >= 0.3 is 0 Å². The monoisotopic (exact) mass is 480 g/mol. The van der Waals surface area contributed by atoms with Gasteiger partial charge in [-0.1, -0.05) is 0 Å². The zero-order valence-electron chi connectivity index (χ0n) is 18.6. The van der Waals surface area contributed by atoms with Gasteiger partial charge in [-0.2, -0.15) is 5.10 Å². The van der Waals surface area contributed by atoms with Crippen LogP contribution in [0.4, 0.5) is 5.69 Å². The maximum atomic E-state index is 13.1. The van der Waals surface area contributed by atoms with Crippen LogP contribution in [0.1, 0.15) is 5.01 Å². The van der Waals surface area contributed by atoms with E-state index in [1.165, 1.54) is 11.3 Å². The van der Waals surface area contributed by atoms with E-state index in [1.54, 1.807) is 44.6 Å². The SMILES string of the molecule is COc1ccc(-c2nn(CC(=O)Nc3ccc4c(c3)OCO4)c(=O)c3nc(C)sc23)cc1OC. The second-order valence-electron chi connectivity index (χ2n) is 7.41. The van der Waals surface area contributed by atoms with Crippen LogP contribution in [-0.4, -0.2) is 41.7 Å². The van der Waals surface area contributed by atoms with Crippen LogP contribution in [0.25, 0.3) is 21.5 Å². The van der Waals surface area contributed by atoms with Gasteiger partial charge in [0.15, 0.2) is 28.5 Å². The van der Waals surface area contributed by atoms with Gasteiger partial charge in [-0.05, 0) is 37.3 Å². The fourth-order valence-corrected chi connectivity index (χ4v) is 4.57. The van der Waals surface area contributed by atoms with Crippen LogP contribution in [0, 0.1) is 6.92 Å². The number of hydrogen-bond acceptors (Lipinski definition) is 9. The Kier molecular flexibility index (Phi) is 5.54. The summed E-state index contributed by atoms with van der Waals surface area (Å²) in [6, 6.07) is 10.4. The molecule has 5 rings (SSSR count). The lowest BCUT2D eigenvalue weighted by Gasteiger charge is -2.12. The molecule has 1 N–H and O–H groups in total. The standard InChI is InChI=1S/C23H20N4O6S/c1-12-24-21-22(34-12)20(13-4-6-15(30-2)17(8-13)31-3)26-27(23(21)29)10-19(28)25-14-5-7-16-18(9-14)33-11-32-16/h4-9H,10-11H2,1-3H3,(H,25,28). The molecule has 0 saturated carbocycles. The molecule has 0 bridgehead atoms. The number of thiazole rings is 1. The number of aromatic nitrogens is 3. The van der Waals surface area contributed by atoms with E-state index in [0.717, 1.165) is 9.69 Å². The predicted molar refractivity (Wildman–Crippen MR) is 126 cm³/mol. The average Bonchev–Trinajstić information content (AvgIpc) is 3.46. The molecule has 2 aromatic heterocycles. The van der Waals surface area contributed by atoms with E-state index in [2.05, 4.69) is 15.4 Å². The van der Waals surface area contributed by atoms with E-state index in [-0.39, 0.29) is 18.9 Å². The largest absolute Gasteiger partial charge is 0.493 e. The number of nitrogens with one attached hydrogen (secondary N) is 1. The predicted octanol–water partition coefficient (Wildman–Crippen LogP) is 3.21. The number of anilines is 1. The Bertz CT molecular complexity index is 1480. The summed E-state index contributed by atoms with van der Waals surface area (Å²) in [5.41, 5.74) is 1.57. The molecule has 4 aromatic rings. The number of methoxy groups -OCH3 is 2. The van der Waals surface area contributed by atoms with E-state index < -0.39 is 11.5 Å². The second-order valence-corrected chi connectivity index (χ2v) is 8.61. The molecular formula is C23H20N4O6S. The normalized spacial score (nSPS) is 12.1. The van der Waals surface area contributed by atoms with Crippen molar-refractivity contribution in [3.63, 3.8) is 0 Å². The van der Waals surface area contributed by atoms with E-state index in [0.29, 0.717) is 44.6 Å². The number of ether oxygens (including phenoxy) is 4. The minimum Gasteiger partial charge on any atom is -0.493 e. The molecule has 174 valence electrons. The summed E-state index contributed by atoms with van der Waals surface area (Å²) in [5.74, 6) is 1.83. The molecule has 0 unspecified atom stereocenters. The fourth-order valence-electron chi connectivity index (χ4n) is 3.66. The number of carbonyl (C=O) groups is 1. The number of fused-ring (bicyclic) bond motifs is 2. The van der Waals surface area contributed by atoms with Crippen molar-refractivity contribution in [1.82, 2.24) is 14.8 Å². The van der Waals surface area contributed by atoms with E-state index >= 15 is 0 Å². The average molecular weight is 481 g/mol. The highest BCUT2D eigenvalue weighted by Gasteiger charge is 2.20. The van der Waals surface area contributed by atoms with Crippen molar-refractivity contribution in [3.05, 3.63) is 51.8 Å². The van der Waals surface area contributed by atoms with Gasteiger partial charge in [-0.15, -0.1) is 11.3 Å². The Morgan fingerprint density at radius 3 is 2.71 bits per heavy atom. The molecule has 3 heterocycles. The summed E-state index contributed by atoms with van der Waals surface area (Å²) in [6.45, 7) is 1.66. The number of amides is 1. The minimum atomic E-state index is -0.440. The summed E-state index contributed by atoms with van der Waals surface area (Å²) in [7, 11) is 3.10. The molecule has 34 heavy (non-hydrogen) atoms. The fraction of sp³-hybridized carbons (Fsp3) is 0.217. The van der Waals surface area contributed by atoms with Crippen molar-refractivity contribution < 1.29 is 23.7 Å². The summed E-state index contributed by atoms with van der Waals surface area (Å²) in [4.78, 5) is 30.2. The number of hydrogen-bond donors (Lipinski definition) is 1. The van der Waals surface area contributed by atoms with Gasteiger partial charge in [0.2, 0.25) is 12.7 Å². The zero-order chi connectivity index (χ0) is 23.8. The molecule has 2 aromatic carbocycles. The number of aryl methyl sites for hydroxylation is 1. The van der Waals surface area contributed by atoms with Crippen LogP contribution < -0.4 is 29.8 Å². The highest BCUT2D eigenvalue weighted by molar-refractivity contribution is 7.19.